The van der Waals surface area contributed by atoms with Crippen LogP contribution in [0, 0.1) is 0 Å². The highest BCUT2D eigenvalue weighted by Crippen LogP contribution is 2.16. The number of aromatic amines is 1. The molecule has 0 aliphatic rings. The molecule has 7 nitrogen and oxygen atoms in total. The molecule has 0 spiro atoms. The number of guanidine groups is 1. The first-order valence-electron chi connectivity index (χ1n) is 9.50. The van der Waals surface area contributed by atoms with E-state index in [2.05, 4.69) is 37.7 Å². The summed E-state index contributed by atoms with van der Waals surface area (Å²) in [5, 5.41) is 8.15. The van der Waals surface area contributed by atoms with E-state index in [0.29, 0.717) is 13.1 Å². The minimum atomic E-state index is -0.0199. The molecule has 0 atom stereocenters. The smallest absolute Gasteiger partial charge is 0.261 e. The van der Waals surface area contributed by atoms with Gasteiger partial charge >= 0.3 is 0 Å². The van der Waals surface area contributed by atoms with Crippen LogP contribution in [0.25, 0.3) is 11.3 Å². The second kappa shape index (κ2) is 10.4. The minimum absolute atomic E-state index is 0.0199. The van der Waals surface area contributed by atoms with Gasteiger partial charge in [0, 0.05) is 27.2 Å². The highest BCUT2D eigenvalue weighted by molar-refractivity contribution is 7.12. The number of imidazole rings is 1. The molecule has 0 bridgehead atoms. The van der Waals surface area contributed by atoms with Gasteiger partial charge < -0.3 is 20.5 Å². The Kier molecular flexibility index (Phi) is 7.40. The lowest BCUT2D eigenvalue weighted by molar-refractivity contribution is 0.0957. The van der Waals surface area contributed by atoms with Gasteiger partial charge in [-0.15, -0.1) is 11.3 Å². The average Bonchev–Trinajstić information content (AvgIpc) is 3.43. The van der Waals surface area contributed by atoms with E-state index in [1.54, 1.807) is 7.05 Å². The van der Waals surface area contributed by atoms with Crippen molar-refractivity contribution >= 4 is 23.2 Å². The predicted molar refractivity (Wildman–Crippen MR) is 118 cm³/mol. The monoisotopic (exact) mass is 410 g/mol. The summed E-state index contributed by atoms with van der Waals surface area (Å²) in [5.41, 5.74) is 2.11. The molecule has 0 fully saturated rings. The third-order valence-electron chi connectivity index (χ3n) is 4.34. The lowest BCUT2D eigenvalue weighted by atomic mass is 10.2. The van der Waals surface area contributed by atoms with Gasteiger partial charge in [-0.1, -0.05) is 36.4 Å². The molecule has 0 unspecified atom stereocenters. The summed E-state index contributed by atoms with van der Waals surface area (Å²) in [4.78, 5) is 26.8. The van der Waals surface area contributed by atoms with Gasteiger partial charge in [-0.3, -0.25) is 9.79 Å². The zero-order chi connectivity index (χ0) is 20.5. The molecule has 0 saturated carbocycles. The molecule has 1 amide bonds. The van der Waals surface area contributed by atoms with Gasteiger partial charge in [0.15, 0.2) is 5.96 Å². The van der Waals surface area contributed by atoms with Gasteiger partial charge in [-0.05, 0) is 23.4 Å². The van der Waals surface area contributed by atoms with E-state index in [9.17, 15) is 4.79 Å². The molecule has 0 radical (unpaired) electrons. The van der Waals surface area contributed by atoms with Gasteiger partial charge in [-0.25, -0.2) is 4.98 Å². The van der Waals surface area contributed by atoms with Crippen LogP contribution in [0.2, 0.25) is 0 Å². The number of rotatable bonds is 8. The largest absolute Gasteiger partial charge is 0.356 e. The van der Waals surface area contributed by atoms with E-state index in [1.165, 1.54) is 11.3 Å². The molecule has 152 valence electrons. The molecular weight excluding hydrogens is 384 g/mol. The van der Waals surface area contributed by atoms with Gasteiger partial charge in [-0.2, -0.15) is 0 Å². The molecular formula is C21H26N6OS. The van der Waals surface area contributed by atoms with Crippen molar-refractivity contribution in [3.8, 4) is 11.3 Å². The molecule has 1 aromatic carbocycles. The van der Waals surface area contributed by atoms with Crippen LogP contribution in [-0.4, -0.2) is 53.9 Å². The fourth-order valence-corrected chi connectivity index (χ4v) is 3.52. The molecule has 0 aliphatic carbocycles. The number of hydrogen-bond acceptors (Lipinski definition) is 4. The maximum atomic E-state index is 11.9. The summed E-state index contributed by atoms with van der Waals surface area (Å²) in [6.07, 6.45) is 2.66. The third kappa shape index (κ3) is 5.92. The SMILES string of the molecule is CN=C(NCCCNC(=O)c1cccs1)N(C)Cc1ncc(-c2ccccc2)[nH]1. The summed E-state index contributed by atoms with van der Waals surface area (Å²) in [6.45, 7) is 1.94. The Morgan fingerprint density at radius 2 is 1.97 bits per heavy atom. The van der Waals surface area contributed by atoms with Crippen LogP contribution >= 0.6 is 11.3 Å². The standard InChI is InChI=1S/C21H26N6OS/c1-22-21(24-12-7-11-23-20(28)18-10-6-13-29-18)27(2)15-19-25-14-17(26-19)16-8-4-3-5-9-16/h3-6,8-10,13-14H,7,11-12,15H2,1-2H3,(H,22,24)(H,23,28)(H,25,26). The van der Waals surface area contributed by atoms with Crippen molar-refractivity contribution in [1.29, 1.82) is 0 Å². The first kappa shape index (κ1) is 20.6. The predicted octanol–water partition coefficient (Wildman–Crippen LogP) is 2.97. The molecule has 3 rings (SSSR count). The number of nitrogens with zero attached hydrogens (tertiary/aromatic N) is 3. The molecule has 2 heterocycles. The Bertz CT molecular complexity index is 920. The summed E-state index contributed by atoms with van der Waals surface area (Å²) in [6, 6.07) is 13.8. The van der Waals surface area contributed by atoms with Crippen molar-refractivity contribution in [1.82, 2.24) is 25.5 Å². The fraction of sp³-hybridized carbons (Fsp3) is 0.286. The van der Waals surface area contributed by atoms with E-state index in [0.717, 1.165) is 40.9 Å². The summed E-state index contributed by atoms with van der Waals surface area (Å²) in [5.74, 6) is 1.64. The highest BCUT2D eigenvalue weighted by atomic mass is 32.1. The Morgan fingerprint density at radius 1 is 1.17 bits per heavy atom. The number of carbonyl (C=O) groups is 1. The first-order valence-corrected chi connectivity index (χ1v) is 10.4. The second-order valence-corrected chi connectivity index (χ2v) is 7.47. The number of aromatic nitrogens is 2. The van der Waals surface area contributed by atoms with Gasteiger partial charge in [0.1, 0.15) is 5.82 Å². The lowest BCUT2D eigenvalue weighted by Gasteiger charge is -2.21. The van der Waals surface area contributed by atoms with Gasteiger partial charge in [0.2, 0.25) is 0 Å². The fourth-order valence-electron chi connectivity index (χ4n) is 2.88. The molecule has 3 aromatic rings. The summed E-state index contributed by atoms with van der Waals surface area (Å²) >= 11 is 1.45. The van der Waals surface area contributed by atoms with Gasteiger partial charge in [0.05, 0.1) is 23.3 Å². The van der Waals surface area contributed by atoms with Crippen LogP contribution in [-0.2, 0) is 6.54 Å². The minimum Gasteiger partial charge on any atom is -0.356 e. The van der Waals surface area contributed by atoms with Crippen LogP contribution < -0.4 is 10.6 Å². The van der Waals surface area contributed by atoms with E-state index in [4.69, 9.17) is 0 Å². The zero-order valence-corrected chi connectivity index (χ0v) is 17.5. The lowest BCUT2D eigenvalue weighted by Crippen LogP contribution is -2.39. The number of amides is 1. The highest BCUT2D eigenvalue weighted by Gasteiger charge is 2.10. The molecule has 8 heteroatoms. The van der Waals surface area contributed by atoms with Crippen molar-refractivity contribution < 1.29 is 4.79 Å². The van der Waals surface area contributed by atoms with Crippen LogP contribution in [0.3, 0.4) is 0 Å². The number of H-pyrrole nitrogens is 1. The van der Waals surface area contributed by atoms with E-state index >= 15 is 0 Å². The molecule has 0 saturated heterocycles. The first-order chi connectivity index (χ1) is 14.2. The number of carbonyl (C=O) groups excluding carboxylic acids is 1. The molecule has 0 aliphatic heterocycles. The van der Waals surface area contributed by atoms with Crippen LogP contribution in [0.15, 0.2) is 59.0 Å². The zero-order valence-electron chi connectivity index (χ0n) is 16.7. The van der Waals surface area contributed by atoms with Crippen LogP contribution in [0.1, 0.15) is 21.9 Å². The van der Waals surface area contributed by atoms with Crippen LogP contribution in [0.4, 0.5) is 0 Å². The van der Waals surface area contributed by atoms with E-state index < -0.39 is 0 Å². The maximum absolute atomic E-state index is 11.9. The van der Waals surface area contributed by atoms with Gasteiger partial charge in [0.25, 0.3) is 5.91 Å². The number of benzene rings is 1. The molecule has 3 N–H and O–H groups in total. The normalized spacial score (nSPS) is 11.3. The quantitative estimate of drug-likeness (QED) is 0.303. The van der Waals surface area contributed by atoms with Crippen molar-refractivity contribution in [2.75, 3.05) is 27.2 Å². The number of hydrogen-bond donors (Lipinski definition) is 3. The second-order valence-electron chi connectivity index (χ2n) is 6.53. The number of nitrogens with one attached hydrogen (secondary N) is 3. The topological polar surface area (TPSA) is 85.4 Å². The van der Waals surface area contributed by atoms with Crippen LogP contribution in [0.5, 0.6) is 0 Å². The summed E-state index contributed by atoms with van der Waals surface area (Å²) < 4.78 is 0. The van der Waals surface area contributed by atoms with Crippen molar-refractivity contribution in [2.45, 2.75) is 13.0 Å². The van der Waals surface area contributed by atoms with Crippen molar-refractivity contribution in [3.63, 3.8) is 0 Å². The number of thiophene rings is 1. The van der Waals surface area contributed by atoms with Crippen molar-refractivity contribution in [2.24, 2.45) is 4.99 Å². The Labute approximate surface area is 174 Å². The molecule has 2 aromatic heterocycles. The Hall–Kier alpha value is -3.13. The van der Waals surface area contributed by atoms with E-state index in [1.807, 2.05) is 53.9 Å². The number of aliphatic imine (C=N–C) groups is 1. The average molecular weight is 411 g/mol. The molecule has 29 heavy (non-hydrogen) atoms. The van der Waals surface area contributed by atoms with Crippen molar-refractivity contribution in [3.05, 3.63) is 64.7 Å². The van der Waals surface area contributed by atoms with E-state index in [-0.39, 0.29) is 5.91 Å². The third-order valence-corrected chi connectivity index (χ3v) is 5.21. The summed E-state index contributed by atoms with van der Waals surface area (Å²) in [7, 11) is 3.73. The Morgan fingerprint density at radius 3 is 2.69 bits per heavy atom. The maximum Gasteiger partial charge on any atom is 0.261 e. The Balaban J connectivity index is 1.42.